The summed E-state index contributed by atoms with van der Waals surface area (Å²) in [4.78, 5) is 13.9. The monoisotopic (exact) mass is 520 g/mol. The Morgan fingerprint density at radius 3 is 2.58 bits per heavy atom. The first-order chi connectivity index (χ1) is 18.3. The van der Waals surface area contributed by atoms with Crippen LogP contribution in [-0.4, -0.2) is 22.7 Å². The van der Waals surface area contributed by atoms with E-state index in [1.807, 2.05) is 13.0 Å². The lowest BCUT2D eigenvalue weighted by Gasteiger charge is -2.58. The van der Waals surface area contributed by atoms with Crippen molar-refractivity contribution >= 4 is 17.5 Å². The number of rotatable bonds is 2. The van der Waals surface area contributed by atoms with Crippen molar-refractivity contribution in [2.45, 2.75) is 81.6 Å². The van der Waals surface area contributed by atoms with Crippen LogP contribution in [0.2, 0.25) is 0 Å². The maximum atomic E-state index is 12.6. The molecule has 0 heterocycles. The zero-order chi connectivity index (χ0) is 26.3. The molecule has 0 aromatic heterocycles. The van der Waals surface area contributed by atoms with Crippen LogP contribution >= 0.6 is 11.8 Å². The zero-order valence-corrected chi connectivity index (χ0v) is 23.5. The maximum Gasteiger partial charge on any atom is 0.155 e. The molecule has 38 heavy (non-hydrogen) atoms. The summed E-state index contributed by atoms with van der Waals surface area (Å²) in [5.41, 5.74) is 8.77. The highest BCUT2D eigenvalue weighted by Gasteiger charge is 2.64. The highest BCUT2D eigenvalue weighted by Crippen LogP contribution is 2.70. The van der Waals surface area contributed by atoms with Crippen LogP contribution in [0.4, 0.5) is 0 Å². The third-order valence-electron chi connectivity index (χ3n) is 10.9. The third-order valence-corrected chi connectivity index (χ3v) is 11.7. The molecule has 1 fully saturated rings. The van der Waals surface area contributed by atoms with Gasteiger partial charge >= 0.3 is 0 Å². The molecule has 0 bridgehead atoms. The second-order valence-electron chi connectivity index (χ2n) is 12.5. The normalized spacial score (nSPS) is 34.8. The number of carbonyl (C=O) groups excluding carboxylic acids is 1. The van der Waals surface area contributed by atoms with E-state index in [9.17, 15) is 9.90 Å². The molecule has 1 spiro atoms. The number of fused-ring (bicyclic) bond motifs is 4. The van der Waals surface area contributed by atoms with Crippen LogP contribution in [0.3, 0.4) is 0 Å². The van der Waals surface area contributed by atoms with Crippen molar-refractivity contribution in [1.82, 2.24) is 0 Å². The van der Waals surface area contributed by atoms with Gasteiger partial charge in [-0.1, -0.05) is 59.9 Å². The van der Waals surface area contributed by atoms with Crippen molar-refractivity contribution < 1.29 is 9.90 Å². The lowest BCUT2D eigenvalue weighted by molar-refractivity contribution is -0.115. The molecule has 7 rings (SSSR count). The lowest BCUT2D eigenvalue weighted by Crippen LogP contribution is -2.52. The van der Waals surface area contributed by atoms with E-state index in [2.05, 4.69) is 67.5 Å². The molecule has 2 nitrogen and oxygen atoms in total. The van der Waals surface area contributed by atoms with E-state index in [0.717, 1.165) is 44.9 Å². The van der Waals surface area contributed by atoms with E-state index in [-0.39, 0.29) is 16.7 Å². The Kier molecular flexibility index (Phi) is 5.47. The summed E-state index contributed by atoms with van der Waals surface area (Å²) in [5, 5.41) is 11.9. The number of benzene rings is 2. The van der Waals surface area contributed by atoms with Crippen LogP contribution in [0.1, 0.15) is 75.8 Å². The predicted molar refractivity (Wildman–Crippen MR) is 155 cm³/mol. The predicted octanol–water partition coefficient (Wildman–Crippen LogP) is 7.66. The van der Waals surface area contributed by atoms with Gasteiger partial charge in [-0.05, 0) is 105 Å². The number of allylic oxidation sites excluding steroid dienone is 4. The molecule has 3 heteroatoms. The molecule has 1 N–H and O–H groups in total. The molecule has 0 amide bonds. The van der Waals surface area contributed by atoms with Gasteiger partial charge in [-0.15, -0.1) is 17.7 Å². The molecule has 1 unspecified atom stereocenters. The largest absolute Gasteiger partial charge is 0.377 e. The van der Waals surface area contributed by atoms with E-state index < -0.39 is 5.60 Å². The van der Waals surface area contributed by atoms with Crippen molar-refractivity contribution in [1.29, 1.82) is 0 Å². The van der Waals surface area contributed by atoms with Crippen molar-refractivity contribution in [2.75, 3.05) is 6.26 Å². The van der Waals surface area contributed by atoms with Gasteiger partial charge in [0.15, 0.2) is 5.78 Å². The maximum absolute atomic E-state index is 12.6. The van der Waals surface area contributed by atoms with E-state index >= 15 is 0 Å². The molecule has 5 atom stereocenters. The van der Waals surface area contributed by atoms with E-state index in [1.54, 1.807) is 22.9 Å². The van der Waals surface area contributed by atoms with E-state index in [0.29, 0.717) is 18.1 Å². The van der Waals surface area contributed by atoms with Crippen molar-refractivity contribution in [3.8, 4) is 23.0 Å². The van der Waals surface area contributed by atoms with Gasteiger partial charge in [0.25, 0.3) is 0 Å². The SMILES string of the molecule is CC#C[C@]1(O)CC[C@H]2C3=C4C(C[C@@]21C)c1ccc(-c2ccc(SC)cc2)cc1C[C@@]41CCC(=O)C=C1CC3. The van der Waals surface area contributed by atoms with Gasteiger partial charge in [0.05, 0.1) is 0 Å². The van der Waals surface area contributed by atoms with Gasteiger partial charge in [0.1, 0.15) is 5.60 Å². The molecule has 0 aliphatic heterocycles. The summed E-state index contributed by atoms with van der Waals surface area (Å²) in [7, 11) is 0. The van der Waals surface area contributed by atoms with Gasteiger partial charge in [0.2, 0.25) is 0 Å². The van der Waals surface area contributed by atoms with Crippen molar-refractivity contribution in [3.63, 3.8) is 0 Å². The smallest absolute Gasteiger partial charge is 0.155 e. The lowest BCUT2D eigenvalue weighted by atomic mass is 9.45. The Morgan fingerprint density at radius 1 is 1.03 bits per heavy atom. The fourth-order valence-corrected chi connectivity index (χ4v) is 9.56. The number of hydrogen-bond acceptors (Lipinski definition) is 3. The van der Waals surface area contributed by atoms with Crippen LogP contribution in [0.25, 0.3) is 11.1 Å². The number of thioether (sulfide) groups is 1. The third kappa shape index (κ3) is 3.23. The molecule has 0 saturated heterocycles. The highest BCUT2D eigenvalue weighted by atomic mass is 32.2. The molecule has 0 radical (unpaired) electrons. The number of ketones is 1. The van der Waals surface area contributed by atoms with Crippen LogP contribution in [0.5, 0.6) is 0 Å². The minimum Gasteiger partial charge on any atom is -0.377 e. The second-order valence-corrected chi connectivity index (χ2v) is 13.4. The van der Waals surface area contributed by atoms with E-state index in [4.69, 9.17) is 0 Å². The molecule has 2 aromatic rings. The van der Waals surface area contributed by atoms with Crippen LogP contribution in [0, 0.1) is 28.6 Å². The summed E-state index contributed by atoms with van der Waals surface area (Å²) in [6, 6.07) is 16.0. The summed E-state index contributed by atoms with van der Waals surface area (Å²) < 4.78 is 0. The minimum absolute atomic E-state index is 0.0288. The minimum atomic E-state index is -0.937. The van der Waals surface area contributed by atoms with Gasteiger partial charge in [-0.3, -0.25) is 4.79 Å². The topological polar surface area (TPSA) is 37.3 Å². The zero-order valence-electron chi connectivity index (χ0n) is 22.7. The van der Waals surface area contributed by atoms with E-state index in [1.165, 1.54) is 32.7 Å². The molecule has 5 aliphatic rings. The number of hydrogen-bond donors (Lipinski definition) is 1. The number of carbonyl (C=O) groups is 1. The molecular weight excluding hydrogens is 484 g/mol. The van der Waals surface area contributed by atoms with Crippen molar-refractivity contribution in [2.24, 2.45) is 16.7 Å². The molecule has 1 saturated carbocycles. The van der Waals surface area contributed by atoms with Crippen LogP contribution in [-0.2, 0) is 11.2 Å². The molecule has 2 aromatic carbocycles. The summed E-state index contributed by atoms with van der Waals surface area (Å²) >= 11 is 1.77. The molecule has 5 aliphatic carbocycles. The van der Waals surface area contributed by atoms with Crippen LogP contribution in [0.15, 0.2) is 70.2 Å². The average Bonchev–Trinajstić information content (AvgIpc) is 3.18. The Hall–Kier alpha value is -2.54. The summed E-state index contributed by atoms with van der Waals surface area (Å²) in [6.45, 7) is 4.17. The second kappa shape index (κ2) is 8.48. The van der Waals surface area contributed by atoms with Gasteiger partial charge < -0.3 is 5.11 Å². The first-order valence-electron chi connectivity index (χ1n) is 14.2. The highest BCUT2D eigenvalue weighted by molar-refractivity contribution is 7.98. The van der Waals surface area contributed by atoms with Crippen LogP contribution < -0.4 is 0 Å². The Labute approximate surface area is 231 Å². The van der Waals surface area contributed by atoms with Gasteiger partial charge in [0, 0.05) is 28.1 Å². The summed E-state index contributed by atoms with van der Waals surface area (Å²) in [6.07, 6.45) is 11.4. The van der Waals surface area contributed by atoms with Crippen molar-refractivity contribution in [3.05, 3.63) is 76.4 Å². The quantitative estimate of drug-likeness (QED) is 0.251. The van der Waals surface area contributed by atoms with Gasteiger partial charge in [-0.2, -0.15) is 0 Å². The fraction of sp³-hybridized carbons (Fsp3) is 0.457. The molecule has 194 valence electrons. The van der Waals surface area contributed by atoms with Gasteiger partial charge in [-0.25, -0.2) is 0 Å². The molecular formula is C35H36O2S. The Bertz CT molecular complexity index is 1480. The Morgan fingerprint density at radius 2 is 1.82 bits per heavy atom. The first kappa shape index (κ1) is 24.5. The fourth-order valence-electron chi connectivity index (χ4n) is 9.15. The average molecular weight is 521 g/mol. The number of aliphatic hydroxyl groups is 1. The summed E-state index contributed by atoms with van der Waals surface area (Å²) in [5.74, 6) is 7.31. The standard InChI is InChI=1S/C35H36O2S/c1-4-15-35(37)17-14-31-29-12-8-25-19-26(36)13-16-34(25)20-24-18-23(22-5-9-27(38-3)10-6-22)7-11-28(24)30(32(29)34)21-33(31,35)2/h5-7,9-11,18-19,30-31,37H,8,12-14,16-17,20-21H2,1-3H3/t30?,31-,33-,34+,35-/m0/s1. The first-order valence-corrected chi connectivity index (χ1v) is 15.5. The Balaban J connectivity index is 1.43.